The van der Waals surface area contributed by atoms with Crippen molar-refractivity contribution in [3.8, 4) is 0 Å². The summed E-state index contributed by atoms with van der Waals surface area (Å²) in [6, 6.07) is 0.513. The first-order valence-electron chi connectivity index (χ1n) is 5.99. The van der Waals surface area contributed by atoms with Gasteiger partial charge in [0, 0.05) is 36.9 Å². The van der Waals surface area contributed by atoms with Gasteiger partial charge in [-0.2, -0.15) is 5.10 Å². The topological polar surface area (TPSA) is 47.1 Å². The smallest absolute Gasteiger partial charge is 0.0658 e. The van der Waals surface area contributed by atoms with E-state index < -0.39 is 0 Å². The average Bonchev–Trinajstić information content (AvgIpc) is 2.85. The maximum absolute atomic E-state index is 5.59. The maximum Gasteiger partial charge on any atom is 0.0658 e. The van der Waals surface area contributed by atoms with Crippen molar-refractivity contribution < 1.29 is 0 Å². The van der Waals surface area contributed by atoms with Crippen molar-refractivity contribution in [2.75, 3.05) is 13.1 Å². The van der Waals surface area contributed by atoms with Crippen LogP contribution in [0.5, 0.6) is 0 Å². The molecule has 1 aliphatic heterocycles. The van der Waals surface area contributed by atoms with E-state index in [-0.39, 0.29) is 5.54 Å². The zero-order valence-electron chi connectivity index (χ0n) is 10.5. The van der Waals surface area contributed by atoms with Crippen molar-refractivity contribution in [1.29, 1.82) is 0 Å². The molecule has 0 bridgehead atoms. The van der Waals surface area contributed by atoms with Gasteiger partial charge in [0.1, 0.15) is 0 Å². The first-order chi connectivity index (χ1) is 7.50. The third-order valence-corrected chi connectivity index (χ3v) is 3.38. The minimum atomic E-state index is 0.263. The summed E-state index contributed by atoms with van der Waals surface area (Å²) in [6.45, 7) is 9.63. The summed E-state index contributed by atoms with van der Waals surface area (Å²) in [7, 11) is 0. The molecule has 2 heterocycles. The van der Waals surface area contributed by atoms with Crippen LogP contribution in [0.25, 0.3) is 0 Å². The zero-order chi connectivity index (χ0) is 11.8. The second kappa shape index (κ2) is 4.18. The lowest BCUT2D eigenvalue weighted by molar-refractivity contribution is 0.167. The fraction of sp³-hybridized carbons (Fsp3) is 0.750. The summed E-state index contributed by atoms with van der Waals surface area (Å²) in [5.41, 5.74) is 6.98. The fourth-order valence-electron chi connectivity index (χ4n) is 2.25. The van der Waals surface area contributed by atoms with E-state index in [1.165, 1.54) is 6.42 Å². The highest BCUT2D eigenvalue weighted by Crippen LogP contribution is 2.27. The molecule has 0 spiro atoms. The van der Waals surface area contributed by atoms with E-state index in [9.17, 15) is 0 Å². The van der Waals surface area contributed by atoms with Gasteiger partial charge >= 0.3 is 0 Å². The van der Waals surface area contributed by atoms with Crippen LogP contribution in [-0.2, 0) is 6.54 Å². The average molecular weight is 222 g/mol. The Morgan fingerprint density at radius 2 is 2.25 bits per heavy atom. The van der Waals surface area contributed by atoms with E-state index >= 15 is 0 Å². The Labute approximate surface area is 97.4 Å². The van der Waals surface area contributed by atoms with Gasteiger partial charge in [0.15, 0.2) is 0 Å². The van der Waals surface area contributed by atoms with Crippen LogP contribution in [0.3, 0.4) is 0 Å². The lowest BCUT2D eigenvalue weighted by atomic mass is 10.1. The molecule has 0 saturated carbocycles. The number of rotatable bonds is 2. The van der Waals surface area contributed by atoms with Crippen molar-refractivity contribution in [3.05, 3.63) is 18.0 Å². The number of nitrogens with zero attached hydrogens (tertiary/aromatic N) is 3. The van der Waals surface area contributed by atoms with Gasteiger partial charge in [-0.3, -0.25) is 9.58 Å². The van der Waals surface area contributed by atoms with E-state index in [1.807, 2.05) is 6.20 Å². The number of hydrogen-bond donors (Lipinski definition) is 1. The second-order valence-corrected chi connectivity index (χ2v) is 5.59. The molecule has 0 amide bonds. The number of hydrogen-bond acceptors (Lipinski definition) is 3. The van der Waals surface area contributed by atoms with Gasteiger partial charge in [-0.1, -0.05) is 0 Å². The minimum absolute atomic E-state index is 0.263. The summed E-state index contributed by atoms with van der Waals surface area (Å²) >= 11 is 0. The molecule has 4 nitrogen and oxygen atoms in total. The Bertz CT molecular complexity index is 350. The molecule has 2 rings (SSSR count). The van der Waals surface area contributed by atoms with E-state index in [2.05, 4.69) is 41.6 Å². The summed E-state index contributed by atoms with van der Waals surface area (Å²) in [5.74, 6) is 0. The predicted molar refractivity (Wildman–Crippen MR) is 65.1 cm³/mol. The van der Waals surface area contributed by atoms with Crippen molar-refractivity contribution in [1.82, 2.24) is 14.7 Å². The molecule has 0 aliphatic carbocycles. The number of nitrogens with two attached hydrogens (primary N) is 1. The monoisotopic (exact) mass is 222 g/mol. The van der Waals surface area contributed by atoms with Gasteiger partial charge in [-0.15, -0.1) is 0 Å². The molecule has 1 unspecified atom stereocenters. The van der Waals surface area contributed by atoms with Gasteiger partial charge in [-0.05, 0) is 27.2 Å². The van der Waals surface area contributed by atoms with Crippen molar-refractivity contribution >= 4 is 0 Å². The summed E-state index contributed by atoms with van der Waals surface area (Å²) in [5, 5.41) is 4.40. The molecule has 90 valence electrons. The molecule has 1 saturated heterocycles. The van der Waals surface area contributed by atoms with Crippen LogP contribution < -0.4 is 5.73 Å². The van der Waals surface area contributed by atoms with Gasteiger partial charge in [0.25, 0.3) is 0 Å². The van der Waals surface area contributed by atoms with Gasteiger partial charge in [-0.25, -0.2) is 0 Å². The Hall–Kier alpha value is -0.870. The Kier molecular flexibility index (Phi) is 3.04. The molecule has 1 atom stereocenters. The van der Waals surface area contributed by atoms with Gasteiger partial charge in [0.2, 0.25) is 0 Å². The third kappa shape index (κ3) is 2.28. The fourth-order valence-corrected chi connectivity index (χ4v) is 2.25. The zero-order valence-corrected chi connectivity index (χ0v) is 10.5. The normalized spacial score (nSPS) is 22.9. The molecule has 16 heavy (non-hydrogen) atoms. The third-order valence-electron chi connectivity index (χ3n) is 3.38. The maximum atomic E-state index is 5.59. The summed E-state index contributed by atoms with van der Waals surface area (Å²) in [4.78, 5) is 2.52. The van der Waals surface area contributed by atoms with Crippen LogP contribution in [0.2, 0.25) is 0 Å². The molecule has 1 aromatic rings. The van der Waals surface area contributed by atoms with Gasteiger partial charge < -0.3 is 5.73 Å². The van der Waals surface area contributed by atoms with Crippen LogP contribution in [0.15, 0.2) is 12.4 Å². The van der Waals surface area contributed by atoms with Crippen LogP contribution in [0.4, 0.5) is 0 Å². The van der Waals surface area contributed by atoms with Crippen molar-refractivity contribution in [2.24, 2.45) is 5.73 Å². The largest absolute Gasteiger partial charge is 0.326 e. The van der Waals surface area contributed by atoms with Crippen molar-refractivity contribution in [2.45, 2.75) is 45.3 Å². The SMILES string of the molecule is CC(C)(C)N1CCC(n2cc(CN)cn2)C1. The summed E-state index contributed by atoms with van der Waals surface area (Å²) in [6.07, 6.45) is 5.14. The molecule has 1 aliphatic rings. The predicted octanol–water partition coefficient (Wildman–Crippen LogP) is 1.39. The molecule has 1 fully saturated rings. The molecule has 2 N–H and O–H groups in total. The van der Waals surface area contributed by atoms with Gasteiger partial charge in [0.05, 0.1) is 12.2 Å². The number of aromatic nitrogens is 2. The second-order valence-electron chi connectivity index (χ2n) is 5.59. The highest BCUT2D eigenvalue weighted by Gasteiger charge is 2.31. The first-order valence-corrected chi connectivity index (χ1v) is 5.99. The van der Waals surface area contributed by atoms with E-state index in [4.69, 9.17) is 5.73 Å². The van der Waals surface area contributed by atoms with E-state index in [0.29, 0.717) is 12.6 Å². The lowest BCUT2D eigenvalue weighted by Crippen LogP contribution is -2.39. The molecule has 0 radical (unpaired) electrons. The molecule has 1 aromatic heterocycles. The van der Waals surface area contributed by atoms with Crippen LogP contribution in [-0.4, -0.2) is 33.3 Å². The quantitative estimate of drug-likeness (QED) is 0.822. The van der Waals surface area contributed by atoms with Crippen LogP contribution in [0.1, 0.15) is 38.8 Å². The first kappa shape index (κ1) is 11.6. The van der Waals surface area contributed by atoms with Crippen molar-refractivity contribution in [3.63, 3.8) is 0 Å². The number of likely N-dealkylation sites (tertiary alicyclic amines) is 1. The van der Waals surface area contributed by atoms with Crippen LogP contribution >= 0.6 is 0 Å². The molecule has 4 heteroatoms. The molecule has 0 aromatic carbocycles. The highest BCUT2D eigenvalue weighted by molar-refractivity contribution is 5.04. The standard InChI is InChI=1S/C12H22N4/c1-12(2,3)15-5-4-11(9-15)16-8-10(6-13)7-14-16/h7-8,11H,4-6,9,13H2,1-3H3. The minimum Gasteiger partial charge on any atom is -0.326 e. The Morgan fingerprint density at radius 1 is 1.50 bits per heavy atom. The lowest BCUT2D eigenvalue weighted by Gasteiger charge is -2.31. The highest BCUT2D eigenvalue weighted by atomic mass is 15.3. The van der Waals surface area contributed by atoms with E-state index in [1.54, 1.807) is 0 Å². The summed E-state index contributed by atoms with van der Waals surface area (Å²) < 4.78 is 2.08. The Morgan fingerprint density at radius 3 is 2.75 bits per heavy atom. The van der Waals surface area contributed by atoms with Crippen LogP contribution in [0, 0.1) is 0 Å². The van der Waals surface area contributed by atoms with E-state index in [0.717, 1.165) is 18.7 Å². The molecular formula is C12H22N4. The molecular weight excluding hydrogens is 200 g/mol. The Balaban J connectivity index is 2.03.